The van der Waals surface area contributed by atoms with Gasteiger partial charge in [-0.25, -0.2) is 0 Å². The maximum absolute atomic E-state index is 10.3. The summed E-state index contributed by atoms with van der Waals surface area (Å²) in [5.41, 5.74) is 2.06. The van der Waals surface area contributed by atoms with Crippen LogP contribution in [-0.2, 0) is 12.8 Å². The van der Waals surface area contributed by atoms with Crippen LogP contribution >= 0.6 is 0 Å². The lowest BCUT2D eigenvalue weighted by molar-refractivity contribution is 0.356. The van der Waals surface area contributed by atoms with Gasteiger partial charge in [0.2, 0.25) is 0 Å². The Morgan fingerprint density at radius 2 is 1.54 bits per heavy atom. The van der Waals surface area contributed by atoms with Gasteiger partial charge in [-0.05, 0) is 68.3 Å². The number of phenols is 3. The van der Waals surface area contributed by atoms with E-state index in [4.69, 9.17) is 0 Å². The summed E-state index contributed by atoms with van der Waals surface area (Å²) in [5.74, 6) is -0.0321. The molecule has 3 heteroatoms. The van der Waals surface area contributed by atoms with E-state index in [0.717, 1.165) is 32.1 Å². The third-order valence-corrected chi connectivity index (χ3v) is 5.87. The van der Waals surface area contributed by atoms with Gasteiger partial charge < -0.3 is 15.3 Å². The molecular weight excluding hydrogens is 324 g/mol. The van der Waals surface area contributed by atoms with Crippen LogP contribution in [0.15, 0.2) is 6.07 Å². The van der Waals surface area contributed by atoms with E-state index in [1.54, 1.807) is 6.07 Å². The molecule has 0 heterocycles. The zero-order valence-corrected chi connectivity index (χ0v) is 17.2. The van der Waals surface area contributed by atoms with E-state index in [1.807, 2.05) is 0 Å². The number of aromatic hydroxyl groups is 3. The minimum Gasteiger partial charge on any atom is -0.508 e. The van der Waals surface area contributed by atoms with E-state index in [9.17, 15) is 15.3 Å². The first kappa shape index (κ1) is 20.9. The Kier molecular flexibility index (Phi) is 6.87. The predicted octanol–water partition coefficient (Wildman–Crippen LogP) is 6.47. The molecule has 0 spiro atoms. The average Bonchev–Trinajstić information content (AvgIpc) is 3.28. The number of aryl methyl sites for hydroxylation is 1. The van der Waals surface area contributed by atoms with Crippen LogP contribution in [-0.4, -0.2) is 15.3 Å². The Labute approximate surface area is 159 Å². The van der Waals surface area contributed by atoms with Gasteiger partial charge in [-0.15, -0.1) is 0 Å². The molecule has 2 rings (SSSR count). The highest BCUT2D eigenvalue weighted by molar-refractivity contribution is 5.56. The quantitative estimate of drug-likeness (QED) is 0.254. The van der Waals surface area contributed by atoms with Crippen LogP contribution < -0.4 is 0 Å². The van der Waals surface area contributed by atoms with Crippen LogP contribution in [0.4, 0.5) is 0 Å². The Morgan fingerprint density at radius 3 is 2.15 bits per heavy atom. The monoisotopic (exact) mass is 362 g/mol. The zero-order chi connectivity index (χ0) is 19.4. The van der Waals surface area contributed by atoms with E-state index >= 15 is 0 Å². The van der Waals surface area contributed by atoms with Crippen molar-refractivity contribution in [1.82, 2.24) is 0 Å². The Bertz CT molecular complexity index is 594. The van der Waals surface area contributed by atoms with Crippen molar-refractivity contribution in [2.45, 2.75) is 98.3 Å². The molecule has 1 aliphatic rings. The summed E-state index contributed by atoms with van der Waals surface area (Å²) in [4.78, 5) is 0. The smallest absolute Gasteiger partial charge is 0.164 e. The van der Waals surface area contributed by atoms with Crippen molar-refractivity contribution in [2.24, 2.45) is 10.8 Å². The fraction of sp³-hybridized carbons (Fsp3) is 0.739. The van der Waals surface area contributed by atoms with Gasteiger partial charge in [-0.2, -0.15) is 0 Å². The second kappa shape index (κ2) is 8.54. The minimum atomic E-state index is -0.120. The van der Waals surface area contributed by atoms with Crippen molar-refractivity contribution in [3.8, 4) is 17.2 Å². The molecule has 3 nitrogen and oxygen atoms in total. The molecule has 0 aliphatic heterocycles. The van der Waals surface area contributed by atoms with Crippen molar-refractivity contribution in [3.05, 3.63) is 17.2 Å². The number of rotatable bonds is 10. The van der Waals surface area contributed by atoms with Gasteiger partial charge in [-0.3, -0.25) is 0 Å². The summed E-state index contributed by atoms with van der Waals surface area (Å²) in [6.07, 6.45) is 11.6. The van der Waals surface area contributed by atoms with Crippen LogP contribution in [0.25, 0.3) is 0 Å². The van der Waals surface area contributed by atoms with Gasteiger partial charge in [-0.1, -0.05) is 47.0 Å². The Balaban J connectivity index is 1.83. The number of benzene rings is 1. The van der Waals surface area contributed by atoms with Crippen LogP contribution in [0.3, 0.4) is 0 Å². The second-order valence-corrected chi connectivity index (χ2v) is 9.87. The summed E-state index contributed by atoms with van der Waals surface area (Å²) >= 11 is 0. The Morgan fingerprint density at radius 1 is 0.885 bits per heavy atom. The first-order valence-corrected chi connectivity index (χ1v) is 10.4. The number of hydrogen-bond donors (Lipinski definition) is 3. The fourth-order valence-corrected chi connectivity index (χ4v) is 3.64. The molecule has 0 radical (unpaired) electrons. The van der Waals surface area contributed by atoms with Crippen LogP contribution in [0.5, 0.6) is 17.2 Å². The standard InChI is InChI=1S/C23H38O3/c1-22(2,3)12-8-5-6-11-18-19(24)16-17(20(25)21(18)26)10-7-9-13-23(4)14-15-23/h16,24-26H,5-15H2,1-4H3. The molecule has 0 unspecified atom stereocenters. The maximum Gasteiger partial charge on any atom is 0.164 e. The van der Waals surface area contributed by atoms with Crippen LogP contribution in [0, 0.1) is 10.8 Å². The highest BCUT2D eigenvalue weighted by Crippen LogP contribution is 2.49. The van der Waals surface area contributed by atoms with Crippen LogP contribution in [0.1, 0.15) is 96.6 Å². The molecule has 1 aromatic rings. The molecule has 148 valence electrons. The van der Waals surface area contributed by atoms with Crippen molar-refractivity contribution < 1.29 is 15.3 Å². The van der Waals surface area contributed by atoms with Crippen molar-refractivity contribution in [1.29, 1.82) is 0 Å². The molecule has 1 saturated carbocycles. The average molecular weight is 363 g/mol. The van der Waals surface area contributed by atoms with Gasteiger partial charge in [0.1, 0.15) is 5.75 Å². The highest BCUT2D eigenvalue weighted by atomic mass is 16.3. The summed E-state index contributed by atoms with van der Waals surface area (Å²) in [6.45, 7) is 9.06. The van der Waals surface area contributed by atoms with E-state index in [0.29, 0.717) is 34.8 Å². The van der Waals surface area contributed by atoms with E-state index in [-0.39, 0.29) is 17.2 Å². The van der Waals surface area contributed by atoms with E-state index in [2.05, 4.69) is 27.7 Å². The summed E-state index contributed by atoms with van der Waals surface area (Å²) in [5, 5.41) is 31.0. The van der Waals surface area contributed by atoms with E-state index in [1.165, 1.54) is 25.7 Å². The molecule has 1 aromatic carbocycles. The molecule has 26 heavy (non-hydrogen) atoms. The summed E-state index contributed by atoms with van der Waals surface area (Å²) in [7, 11) is 0. The zero-order valence-electron chi connectivity index (χ0n) is 17.2. The fourth-order valence-electron chi connectivity index (χ4n) is 3.64. The SMILES string of the molecule is CC(C)(C)CCCCCc1c(O)cc(CCCCC2(C)CC2)c(O)c1O. The number of hydrogen-bond acceptors (Lipinski definition) is 3. The lowest BCUT2D eigenvalue weighted by Crippen LogP contribution is -2.04. The molecular formula is C23H38O3. The van der Waals surface area contributed by atoms with Crippen molar-refractivity contribution >= 4 is 0 Å². The summed E-state index contributed by atoms with van der Waals surface area (Å²) < 4.78 is 0. The summed E-state index contributed by atoms with van der Waals surface area (Å²) in [6, 6.07) is 1.65. The van der Waals surface area contributed by atoms with Gasteiger partial charge in [0, 0.05) is 11.1 Å². The third kappa shape index (κ3) is 6.41. The third-order valence-electron chi connectivity index (χ3n) is 5.87. The van der Waals surface area contributed by atoms with Gasteiger partial charge in [0.15, 0.2) is 11.5 Å². The molecule has 0 atom stereocenters. The molecule has 3 N–H and O–H groups in total. The Hall–Kier alpha value is -1.38. The normalized spacial score (nSPS) is 16.0. The topological polar surface area (TPSA) is 60.7 Å². The number of unbranched alkanes of at least 4 members (excludes halogenated alkanes) is 3. The molecule has 0 aromatic heterocycles. The lowest BCUT2D eigenvalue weighted by Gasteiger charge is -2.17. The second-order valence-electron chi connectivity index (χ2n) is 9.87. The molecule has 0 bridgehead atoms. The van der Waals surface area contributed by atoms with Crippen molar-refractivity contribution in [3.63, 3.8) is 0 Å². The first-order valence-electron chi connectivity index (χ1n) is 10.4. The largest absolute Gasteiger partial charge is 0.508 e. The van der Waals surface area contributed by atoms with Crippen LogP contribution in [0.2, 0.25) is 0 Å². The molecule has 1 fully saturated rings. The number of phenolic OH excluding ortho intramolecular Hbond substituents is 3. The predicted molar refractivity (Wildman–Crippen MR) is 108 cm³/mol. The van der Waals surface area contributed by atoms with Gasteiger partial charge >= 0.3 is 0 Å². The molecule has 0 amide bonds. The lowest BCUT2D eigenvalue weighted by atomic mass is 9.89. The molecule has 1 aliphatic carbocycles. The van der Waals surface area contributed by atoms with Gasteiger partial charge in [0.05, 0.1) is 0 Å². The minimum absolute atomic E-state index is 0.0369. The van der Waals surface area contributed by atoms with Gasteiger partial charge in [0.25, 0.3) is 0 Å². The maximum atomic E-state index is 10.3. The van der Waals surface area contributed by atoms with E-state index < -0.39 is 0 Å². The first-order chi connectivity index (χ1) is 12.1. The highest BCUT2D eigenvalue weighted by Gasteiger charge is 2.35. The molecule has 0 saturated heterocycles. The van der Waals surface area contributed by atoms with Crippen molar-refractivity contribution in [2.75, 3.05) is 0 Å².